The zero-order chi connectivity index (χ0) is 18.7. The molecule has 0 N–H and O–H groups in total. The van der Waals surface area contributed by atoms with Gasteiger partial charge in [0.15, 0.2) is 9.84 Å². The molecule has 0 aliphatic carbocycles. The summed E-state index contributed by atoms with van der Waals surface area (Å²) in [6, 6.07) is 11.3. The van der Waals surface area contributed by atoms with E-state index in [1.807, 2.05) is 0 Å². The molecular formula is C18H18FO5S. The molecule has 1 unspecified atom stereocenters. The van der Waals surface area contributed by atoms with Crippen molar-refractivity contribution in [3.05, 3.63) is 54.3 Å². The van der Waals surface area contributed by atoms with E-state index in [4.69, 9.17) is 9.47 Å². The van der Waals surface area contributed by atoms with Crippen molar-refractivity contribution in [2.24, 2.45) is 0 Å². The molecule has 0 bridgehead atoms. The van der Waals surface area contributed by atoms with Gasteiger partial charge in [0.05, 0.1) is 4.90 Å². The zero-order valence-electron chi connectivity index (χ0n) is 14.0. The van der Waals surface area contributed by atoms with Crippen LogP contribution in [0.5, 0.6) is 11.5 Å². The highest BCUT2D eigenvalue weighted by Crippen LogP contribution is 2.29. The highest BCUT2D eigenvalue weighted by molar-refractivity contribution is 7.92. The SMILES string of the molecule is CC(C(C)(C)O[C]=O)S(=O)(=O)c1ccc(Oc2ccc(F)cc2)cc1. The molecule has 7 heteroatoms. The van der Waals surface area contributed by atoms with Crippen LogP contribution in [0, 0.1) is 5.82 Å². The second kappa shape index (κ2) is 7.23. The Morgan fingerprint density at radius 1 is 1.00 bits per heavy atom. The minimum atomic E-state index is -3.72. The largest absolute Gasteiger partial charge is 0.457 e. The highest BCUT2D eigenvalue weighted by atomic mass is 32.2. The molecule has 1 atom stereocenters. The van der Waals surface area contributed by atoms with Gasteiger partial charge in [-0.25, -0.2) is 17.6 Å². The summed E-state index contributed by atoms with van der Waals surface area (Å²) in [5.41, 5.74) is -1.22. The van der Waals surface area contributed by atoms with Crippen LogP contribution >= 0.6 is 0 Å². The maximum atomic E-state index is 12.9. The molecule has 2 rings (SSSR count). The molecule has 1 radical (unpaired) electrons. The standard InChI is InChI=1S/C18H18FO5S/c1-13(18(2,3)23-12-20)25(21,22)17-10-8-16(9-11-17)24-15-6-4-14(19)5-7-15/h4-11,13H,1-3H3. The summed E-state index contributed by atoms with van der Waals surface area (Å²) in [5, 5.41) is -0.967. The van der Waals surface area contributed by atoms with Gasteiger partial charge in [-0.1, -0.05) is 0 Å². The van der Waals surface area contributed by atoms with E-state index >= 15 is 0 Å². The lowest BCUT2D eigenvalue weighted by Crippen LogP contribution is -2.42. The van der Waals surface area contributed by atoms with Crippen molar-refractivity contribution in [1.82, 2.24) is 0 Å². The molecule has 133 valence electrons. The molecule has 5 nitrogen and oxygen atoms in total. The summed E-state index contributed by atoms with van der Waals surface area (Å²) in [7, 11) is -3.72. The topological polar surface area (TPSA) is 69.7 Å². The zero-order valence-corrected chi connectivity index (χ0v) is 14.8. The Morgan fingerprint density at radius 3 is 1.96 bits per heavy atom. The second-order valence-corrected chi connectivity index (χ2v) is 8.27. The molecule has 0 aliphatic rings. The van der Waals surface area contributed by atoms with E-state index in [-0.39, 0.29) is 10.7 Å². The predicted octanol–water partition coefficient (Wildman–Crippen LogP) is 3.64. The van der Waals surface area contributed by atoms with E-state index in [1.165, 1.54) is 75.8 Å². The van der Waals surface area contributed by atoms with Gasteiger partial charge in [-0.2, -0.15) is 0 Å². The van der Waals surface area contributed by atoms with E-state index in [9.17, 15) is 17.6 Å². The lowest BCUT2D eigenvalue weighted by Gasteiger charge is -2.28. The number of benzene rings is 2. The van der Waals surface area contributed by atoms with E-state index in [1.54, 1.807) is 0 Å². The van der Waals surface area contributed by atoms with Gasteiger partial charge in [0.2, 0.25) is 0 Å². The van der Waals surface area contributed by atoms with Crippen LogP contribution in [0.15, 0.2) is 53.4 Å². The lowest BCUT2D eigenvalue weighted by molar-refractivity contribution is 0.0884. The highest BCUT2D eigenvalue weighted by Gasteiger charge is 2.38. The number of hydrogen-bond donors (Lipinski definition) is 0. The van der Waals surface area contributed by atoms with Crippen molar-refractivity contribution < 1.29 is 27.1 Å². The van der Waals surface area contributed by atoms with Crippen LogP contribution in [-0.2, 0) is 19.4 Å². The summed E-state index contributed by atoms with van der Waals surface area (Å²) < 4.78 is 48.5. The fraction of sp³-hybridized carbons (Fsp3) is 0.278. The molecule has 0 saturated carbocycles. The number of halogens is 1. The third-order valence-corrected chi connectivity index (χ3v) is 6.38. The Kier molecular flexibility index (Phi) is 5.47. The van der Waals surface area contributed by atoms with Crippen molar-refractivity contribution in [3.63, 3.8) is 0 Å². The summed E-state index contributed by atoms with van der Waals surface area (Å²) in [5.74, 6) is 0.469. The molecule has 0 saturated heterocycles. The molecular weight excluding hydrogens is 347 g/mol. The van der Waals surface area contributed by atoms with Crippen LogP contribution in [-0.4, -0.2) is 25.7 Å². The van der Waals surface area contributed by atoms with Crippen molar-refractivity contribution in [2.45, 2.75) is 36.5 Å². The van der Waals surface area contributed by atoms with Crippen molar-refractivity contribution in [2.75, 3.05) is 0 Å². The molecule has 0 spiro atoms. The van der Waals surface area contributed by atoms with Gasteiger partial charge in [0, 0.05) is 0 Å². The Hall–Kier alpha value is -2.41. The van der Waals surface area contributed by atoms with Crippen LogP contribution in [0.2, 0.25) is 0 Å². The summed E-state index contributed by atoms with van der Waals surface area (Å²) in [4.78, 5) is 10.5. The van der Waals surface area contributed by atoms with E-state index < -0.39 is 20.7 Å². The predicted molar refractivity (Wildman–Crippen MR) is 90.4 cm³/mol. The Bertz CT molecular complexity index is 827. The molecule has 2 aromatic rings. The second-order valence-electron chi connectivity index (χ2n) is 6.00. The van der Waals surface area contributed by atoms with E-state index in [0.29, 0.717) is 11.5 Å². The molecule has 0 fully saturated rings. The van der Waals surface area contributed by atoms with Gasteiger partial charge in [0.1, 0.15) is 28.2 Å². The summed E-state index contributed by atoms with van der Waals surface area (Å²) >= 11 is 0. The van der Waals surface area contributed by atoms with E-state index in [0.717, 1.165) is 0 Å². The molecule has 0 aliphatic heterocycles. The first-order chi connectivity index (χ1) is 11.7. The third kappa shape index (κ3) is 4.36. The Morgan fingerprint density at radius 2 is 1.48 bits per heavy atom. The van der Waals surface area contributed by atoms with Gasteiger partial charge in [-0.15, -0.1) is 0 Å². The lowest BCUT2D eigenvalue weighted by atomic mass is 10.1. The summed E-state index contributed by atoms with van der Waals surface area (Å²) in [6.07, 6.45) is 0. The molecule has 0 amide bonds. The van der Waals surface area contributed by atoms with Crippen LogP contribution in [0.1, 0.15) is 20.8 Å². The number of rotatable bonds is 7. The first kappa shape index (κ1) is 18.9. The van der Waals surface area contributed by atoms with Crippen LogP contribution in [0.25, 0.3) is 0 Å². The van der Waals surface area contributed by atoms with Crippen LogP contribution in [0.3, 0.4) is 0 Å². The minimum absolute atomic E-state index is 0.0778. The van der Waals surface area contributed by atoms with Crippen LogP contribution in [0.4, 0.5) is 4.39 Å². The van der Waals surface area contributed by atoms with Crippen LogP contribution < -0.4 is 4.74 Å². The van der Waals surface area contributed by atoms with Gasteiger partial charge >= 0.3 is 6.47 Å². The average Bonchev–Trinajstić information content (AvgIpc) is 2.56. The Balaban J connectivity index is 2.20. The fourth-order valence-corrected chi connectivity index (χ4v) is 3.82. The Labute approximate surface area is 146 Å². The number of carbonyl (C=O) groups excluding carboxylic acids is 1. The number of sulfone groups is 1. The normalized spacial score (nSPS) is 13.1. The quantitative estimate of drug-likeness (QED) is 0.749. The maximum Gasteiger partial charge on any atom is 0.418 e. The molecule has 0 heterocycles. The average molecular weight is 365 g/mol. The van der Waals surface area contributed by atoms with Crippen molar-refractivity contribution >= 4 is 16.3 Å². The molecule has 0 aromatic heterocycles. The number of ether oxygens (including phenoxy) is 2. The van der Waals surface area contributed by atoms with Gasteiger partial charge in [-0.3, -0.25) is 0 Å². The first-order valence-electron chi connectivity index (χ1n) is 7.49. The fourth-order valence-electron chi connectivity index (χ4n) is 2.10. The smallest absolute Gasteiger partial charge is 0.418 e. The van der Waals surface area contributed by atoms with Gasteiger partial charge in [-0.05, 0) is 69.3 Å². The number of hydrogen-bond acceptors (Lipinski definition) is 5. The molecule has 2 aromatic carbocycles. The van der Waals surface area contributed by atoms with E-state index in [2.05, 4.69) is 0 Å². The first-order valence-corrected chi connectivity index (χ1v) is 9.04. The summed E-state index contributed by atoms with van der Waals surface area (Å²) in [6.45, 7) is 5.77. The maximum absolute atomic E-state index is 12.9. The monoisotopic (exact) mass is 365 g/mol. The van der Waals surface area contributed by atoms with Crippen molar-refractivity contribution in [1.29, 1.82) is 0 Å². The minimum Gasteiger partial charge on any atom is -0.457 e. The molecule has 25 heavy (non-hydrogen) atoms. The van der Waals surface area contributed by atoms with Gasteiger partial charge in [0.25, 0.3) is 0 Å². The third-order valence-electron chi connectivity index (χ3n) is 3.95. The van der Waals surface area contributed by atoms with Gasteiger partial charge < -0.3 is 9.47 Å². The van der Waals surface area contributed by atoms with Crippen molar-refractivity contribution in [3.8, 4) is 11.5 Å².